The third-order valence-electron chi connectivity index (χ3n) is 9.84. The number of rotatable bonds is 3. The van der Waals surface area contributed by atoms with Crippen LogP contribution in [0.25, 0.3) is 83.2 Å². The van der Waals surface area contributed by atoms with E-state index in [1.165, 1.54) is 27.4 Å². The first kappa shape index (κ1) is 26.0. The monoisotopic (exact) mass is 601 g/mol. The van der Waals surface area contributed by atoms with Crippen molar-refractivity contribution < 1.29 is 4.42 Å². The number of furan rings is 1. The minimum absolute atomic E-state index is 0.668. The largest absolute Gasteiger partial charge is 0.456 e. The summed E-state index contributed by atoms with van der Waals surface area (Å²) < 4.78 is 10.9. The van der Waals surface area contributed by atoms with Crippen molar-refractivity contribution in [3.8, 4) is 28.6 Å². The highest BCUT2D eigenvalue weighted by Crippen LogP contribution is 2.39. The number of allylic oxidation sites excluding steroid dienone is 1. The minimum Gasteiger partial charge on any atom is -0.456 e. The molecule has 0 saturated carbocycles. The minimum atomic E-state index is 0.668. The molecular weight excluding hydrogens is 574 g/mol. The zero-order valence-electron chi connectivity index (χ0n) is 25.4. The second-order valence-corrected chi connectivity index (χ2v) is 12.4. The van der Waals surface area contributed by atoms with Gasteiger partial charge in [-0.15, -0.1) is 0 Å². The van der Waals surface area contributed by atoms with E-state index in [4.69, 9.17) is 4.42 Å². The van der Waals surface area contributed by atoms with Gasteiger partial charge in [0.15, 0.2) is 0 Å². The summed E-state index contributed by atoms with van der Waals surface area (Å²) in [6, 6.07) is 47.2. The third-order valence-corrected chi connectivity index (χ3v) is 9.84. The molecule has 1 aliphatic carbocycles. The first-order valence-corrected chi connectivity index (χ1v) is 16.1. The van der Waals surface area contributed by atoms with Crippen LogP contribution in [0.15, 0.2) is 138 Å². The van der Waals surface area contributed by atoms with Crippen LogP contribution >= 0.6 is 0 Å². The lowest BCUT2D eigenvalue weighted by Crippen LogP contribution is -2.05. The highest BCUT2D eigenvalue weighted by atomic mass is 16.3. The Balaban J connectivity index is 1.09. The first-order chi connectivity index (χ1) is 23.3. The summed E-state index contributed by atoms with van der Waals surface area (Å²) in [4.78, 5) is 0. The van der Waals surface area contributed by atoms with Crippen molar-refractivity contribution in [2.75, 3.05) is 0 Å². The molecule has 0 spiro atoms. The summed E-state index contributed by atoms with van der Waals surface area (Å²) in [7, 11) is 0. The van der Waals surface area contributed by atoms with Crippen molar-refractivity contribution in [2.24, 2.45) is 0 Å². The van der Waals surface area contributed by atoms with Crippen LogP contribution in [0.4, 0.5) is 0 Å². The quantitative estimate of drug-likeness (QED) is 0.202. The van der Waals surface area contributed by atoms with Gasteiger partial charge in [0.1, 0.15) is 17.2 Å². The maximum atomic E-state index is 10.4. The Bertz CT molecular complexity index is 2800. The maximum Gasteiger partial charge on any atom is 0.137 e. The Hall–Kier alpha value is -6.31. The molecule has 0 N–H and O–H groups in total. The van der Waals surface area contributed by atoms with Crippen LogP contribution in [-0.4, -0.2) is 9.13 Å². The molecule has 0 radical (unpaired) electrons. The number of benzene rings is 6. The highest BCUT2D eigenvalue weighted by molar-refractivity contribution is 6.17. The van der Waals surface area contributed by atoms with Gasteiger partial charge in [-0.2, -0.15) is 5.26 Å². The van der Waals surface area contributed by atoms with E-state index in [-0.39, 0.29) is 0 Å². The van der Waals surface area contributed by atoms with Crippen LogP contribution in [-0.2, 0) is 6.42 Å². The average Bonchev–Trinajstić information content (AvgIpc) is 3.78. The van der Waals surface area contributed by atoms with Crippen molar-refractivity contribution in [1.29, 1.82) is 5.26 Å². The van der Waals surface area contributed by atoms with E-state index in [0.717, 1.165) is 73.8 Å². The molecule has 1 aliphatic rings. The molecule has 10 rings (SSSR count). The molecule has 0 amide bonds. The van der Waals surface area contributed by atoms with Crippen molar-refractivity contribution in [1.82, 2.24) is 9.13 Å². The molecule has 3 heterocycles. The van der Waals surface area contributed by atoms with E-state index in [1.807, 2.05) is 18.2 Å². The number of para-hydroxylation sites is 3. The van der Waals surface area contributed by atoms with Crippen molar-refractivity contribution in [3.63, 3.8) is 0 Å². The fourth-order valence-corrected chi connectivity index (χ4v) is 7.72. The maximum absolute atomic E-state index is 10.4. The molecule has 4 heteroatoms. The number of fused-ring (bicyclic) bond motifs is 9. The van der Waals surface area contributed by atoms with E-state index in [9.17, 15) is 5.26 Å². The Morgan fingerprint density at radius 2 is 1.30 bits per heavy atom. The number of nitrogens with zero attached hydrogens (tertiary/aromatic N) is 3. The molecule has 3 aromatic heterocycles. The standard InChI is InChI=1S/C43H27N3O/c44-26-29-23-28(19-22-37(29)46-39-14-6-1-9-31(39)32-10-2-7-15-40(32)46)27-17-20-30(21-18-27)45-38-13-5-3-11-33(38)35-24-36-34-12-4-8-16-42(34)47-43(36)25-41(35)45/h1-6,8-14,16-25H,7,15H2. The molecule has 9 aromatic rings. The Morgan fingerprint density at radius 1 is 0.574 bits per heavy atom. The summed E-state index contributed by atoms with van der Waals surface area (Å²) in [5, 5.41) is 16.3. The molecular formula is C43H27N3O. The van der Waals surface area contributed by atoms with Crippen LogP contribution in [0.1, 0.15) is 23.2 Å². The average molecular weight is 602 g/mol. The first-order valence-electron chi connectivity index (χ1n) is 16.1. The fraction of sp³-hybridized carbons (Fsp3) is 0.0465. The van der Waals surface area contributed by atoms with Gasteiger partial charge in [0.2, 0.25) is 0 Å². The number of hydrogen-bond acceptors (Lipinski definition) is 2. The summed E-state index contributed by atoms with van der Waals surface area (Å²) in [6.07, 6.45) is 6.44. The van der Waals surface area contributed by atoms with Gasteiger partial charge < -0.3 is 13.6 Å². The lowest BCUT2D eigenvalue weighted by Gasteiger charge is -2.16. The van der Waals surface area contributed by atoms with E-state index in [2.05, 4.69) is 137 Å². The van der Waals surface area contributed by atoms with Crippen LogP contribution in [0.3, 0.4) is 0 Å². The summed E-state index contributed by atoms with van der Waals surface area (Å²) >= 11 is 0. The Kier molecular flexibility index (Phi) is 5.44. The zero-order valence-corrected chi connectivity index (χ0v) is 25.4. The lowest BCUT2D eigenvalue weighted by atomic mass is 10.0. The molecule has 6 aromatic carbocycles. The fourth-order valence-electron chi connectivity index (χ4n) is 7.72. The van der Waals surface area contributed by atoms with Crippen LogP contribution in [0.5, 0.6) is 0 Å². The molecule has 0 atom stereocenters. The molecule has 0 fully saturated rings. The van der Waals surface area contributed by atoms with Gasteiger partial charge in [-0.1, -0.05) is 84.9 Å². The summed E-state index contributed by atoms with van der Waals surface area (Å²) in [5.74, 6) is 0. The second kappa shape index (κ2) is 9.84. The van der Waals surface area contributed by atoms with Crippen LogP contribution < -0.4 is 0 Å². The molecule has 47 heavy (non-hydrogen) atoms. The van der Waals surface area contributed by atoms with E-state index >= 15 is 0 Å². The Morgan fingerprint density at radius 3 is 2.13 bits per heavy atom. The molecule has 0 saturated heterocycles. The van der Waals surface area contributed by atoms with Gasteiger partial charge in [0.25, 0.3) is 0 Å². The lowest BCUT2D eigenvalue weighted by molar-refractivity contribution is 0.669. The number of nitriles is 1. The molecule has 0 unspecified atom stereocenters. The normalized spacial score (nSPS) is 12.8. The van der Waals surface area contributed by atoms with Gasteiger partial charge in [-0.25, -0.2) is 0 Å². The van der Waals surface area contributed by atoms with Crippen LogP contribution in [0.2, 0.25) is 0 Å². The van der Waals surface area contributed by atoms with E-state index < -0.39 is 0 Å². The van der Waals surface area contributed by atoms with Gasteiger partial charge in [-0.3, -0.25) is 0 Å². The topological polar surface area (TPSA) is 46.8 Å². The predicted octanol–water partition coefficient (Wildman–Crippen LogP) is 11.1. The van der Waals surface area contributed by atoms with E-state index in [1.54, 1.807) is 0 Å². The number of aromatic nitrogens is 2. The molecule has 0 aliphatic heterocycles. The van der Waals surface area contributed by atoms with Gasteiger partial charge in [0, 0.05) is 49.9 Å². The summed E-state index contributed by atoms with van der Waals surface area (Å²) in [5.41, 5.74) is 12.5. The van der Waals surface area contributed by atoms with Crippen molar-refractivity contribution >= 4 is 60.7 Å². The predicted molar refractivity (Wildman–Crippen MR) is 192 cm³/mol. The van der Waals surface area contributed by atoms with Gasteiger partial charge >= 0.3 is 0 Å². The Labute approximate surface area is 270 Å². The zero-order chi connectivity index (χ0) is 31.1. The third kappa shape index (κ3) is 3.75. The van der Waals surface area contributed by atoms with E-state index in [0.29, 0.717) is 5.56 Å². The molecule has 4 nitrogen and oxygen atoms in total. The van der Waals surface area contributed by atoms with Gasteiger partial charge in [-0.05, 0) is 72.5 Å². The van der Waals surface area contributed by atoms with Crippen molar-refractivity contribution in [2.45, 2.75) is 12.8 Å². The van der Waals surface area contributed by atoms with Gasteiger partial charge in [0.05, 0.1) is 27.8 Å². The smallest absolute Gasteiger partial charge is 0.137 e. The van der Waals surface area contributed by atoms with Crippen LogP contribution in [0, 0.1) is 11.3 Å². The van der Waals surface area contributed by atoms with Crippen molar-refractivity contribution in [3.05, 3.63) is 150 Å². The second-order valence-electron chi connectivity index (χ2n) is 12.4. The highest BCUT2D eigenvalue weighted by Gasteiger charge is 2.21. The summed E-state index contributed by atoms with van der Waals surface area (Å²) in [6.45, 7) is 0. The molecule has 0 bridgehead atoms. The molecule has 220 valence electrons. The number of hydrogen-bond donors (Lipinski definition) is 0. The SMILES string of the molecule is N#Cc1cc(-c2ccc(-n3c4ccccc4c4cc5c(cc43)oc3ccccc35)cc2)ccc1-n1c2c(c3ccccc31)C=CCC2.